The molecule has 0 aliphatic carbocycles. The van der Waals surface area contributed by atoms with Crippen LogP contribution >= 0.6 is 0 Å². The summed E-state index contributed by atoms with van der Waals surface area (Å²) < 4.78 is 2.02. The highest BCUT2D eigenvalue weighted by molar-refractivity contribution is 5.91. The molecule has 38 heavy (non-hydrogen) atoms. The molecule has 4 aromatic rings. The summed E-state index contributed by atoms with van der Waals surface area (Å²) in [6.45, 7) is 2.84. The van der Waals surface area contributed by atoms with Crippen molar-refractivity contribution < 1.29 is 14.7 Å². The van der Waals surface area contributed by atoms with Gasteiger partial charge in [0.25, 0.3) is 0 Å². The van der Waals surface area contributed by atoms with Crippen LogP contribution in [0, 0.1) is 6.92 Å². The van der Waals surface area contributed by atoms with E-state index in [0.717, 1.165) is 33.8 Å². The maximum Gasteiger partial charge on any atom is 0.326 e. The van der Waals surface area contributed by atoms with Gasteiger partial charge in [0.2, 0.25) is 5.91 Å². The molecule has 1 atom stereocenters. The van der Waals surface area contributed by atoms with E-state index in [2.05, 4.69) is 35.0 Å². The van der Waals surface area contributed by atoms with Gasteiger partial charge in [-0.05, 0) is 35.2 Å². The van der Waals surface area contributed by atoms with Crippen LogP contribution in [0.3, 0.4) is 0 Å². The first-order valence-electron chi connectivity index (χ1n) is 12.8. The summed E-state index contributed by atoms with van der Waals surface area (Å²) >= 11 is 0. The first-order valence-corrected chi connectivity index (χ1v) is 12.8. The molecule has 0 saturated carbocycles. The van der Waals surface area contributed by atoms with Gasteiger partial charge in [0.15, 0.2) is 0 Å². The SMILES string of the molecule is Cc1cc(Cn2cnc3c2CC(C(=O)O)N(C(=O)C(c2ccccc2)c2ccccc2)C3)ccc1N(C)C. The van der Waals surface area contributed by atoms with E-state index in [9.17, 15) is 14.7 Å². The molecule has 7 nitrogen and oxygen atoms in total. The zero-order valence-electron chi connectivity index (χ0n) is 21.9. The van der Waals surface area contributed by atoms with Crippen molar-refractivity contribution in [1.29, 1.82) is 0 Å². The summed E-state index contributed by atoms with van der Waals surface area (Å²) in [5.41, 5.74) is 6.74. The van der Waals surface area contributed by atoms with Gasteiger partial charge in [0.05, 0.1) is 24.5 Å². The number of aromatic nitrogens is 2. The maximum atomic E-state index is 14.1. The molecule has 3 aromatic carbocycles. The number of hydrogen-bond acceptors (Lipinski definition) is 4. The zero-order valence-corrected chi connectivity index (χ0v) is 21.9. The summed E-state index contributed by atoms with van der Waals surface area (Å²) in [4.78, 5) is 34.7. The number of carbonyl (C=O) groups is 2. The lowest BCUT2D eigenvalue weighted by molar-refractivity contribution is -0.151. The van der Waals surface area contributed by atoms with Gasteiger partial charge in [-0.15, -0.1) is 0 Å². The number of carboxylic acid groups (broad SMARTS) is 1. The predicted octanol–water partition coefficient (Wildman–Crippen LogP) is 4.48. The van der Waals surface area contributed by atoms with Gasteiger partial charge < -0.3 is 19.5 Å². The molecule has 0 saturated heterocycles. The van der Waals surface area contributed by atoms with Crippen LogP contribution < -0.4 is 4.90 Å². The molecule has 1 aliphatic heterocycles. The Morgan fingerprint density at radius 2 is 1.63 bits per heavy atom. The predicted molar refractivity (Wildman–Crippen MR) is 147 cm³/mol. The molecule has 1 amide bonds. The number of nitrogens with zero attached hydrogens (tertiary/aromatic N) is 4. The summed E-state index contributed by atoms with van der Waals surface area (Å²) in [6, 6.07) is 24.4. The van der Waals surface area contributed by atoms with Crippen molar-refractivity contribution in [3.05, 3.63) is 119 Å². The average molecular weight is 509 g/mol. The number of aliphatic carboxylic acids is 1. The maximum absolute atomic E-state index is 14.1. The Bertz CT molecular complexity index is 1410. The number of carbonyl (C=O) groups excluding carboxylic acids is 1. The fraction of sp³-hybridized carbons (Fsp3) is 0.258. The Balaban J connectivity index is 1.46. The second-order valence-corrected chi connectivity index (χ2v) is 10.1. The highest BCUT2D eigenvalue weighted by Gasteiger charge is 2.40. The van der Waals surface area contributed by atoms with Crippen molar-refractivity contribution in [3.8, 4) is 0 Å². The first-order chi connectivity index (χ1) is 18.3. The van der Waals surface area contributed by atoms with E-state index >= 15 is 0 Å². The van der Waals surface area contributed by atoms with Crippen molar-refractivity contribution in [2.45, 2.75) is 38.4 Å². The largest absolute Gasteiger partial charge is 0.480 e. The van der Waals surface area contributed by atoms with Crippen molar-refractivity contribution in [3.63, 3.8) is 0 Å². The van der Waals surface area contributed by atoms with Gasteiger partial charge >= 0.3 is 5.97 Å². The Labute approximate surface area is 223 Å². The van der Waals surface area contributed by atoms with E-state index in [1.807, 2.05) is 79.3 Å². The van der Waals surface area contributed by atoms with E-state index in [1.54, 1.807) is 6.33 Å². The molecule has 1 aromatic heterocycles. The Morgan fingerprint density at radius 3 is 2.18 bits per heavy atom. The minimum absolute atomic E-state index is 0.160. The Kier molecular flexibility index (Phi) is 7.01. The van der Waals surface area contributed by atoms with E-state index < -0.39 is 17.9 Å². The number of imidazole rings is 1. The van der Waals surface area contributed by atoms with Crippen LogP contribution in [0.1, 0.15) is 39.6 Å². The van der Waals surface area contributed by atoms with Crippen LogP contribution in [0.4, 0.5) is 5.69 Å². The second kappa shape index (κ2) is 10.5. The lowest BCUT2D eigenvalue weighted by Gasteiger charge is -2.35. The number of hydrogen-bond donors (Lipinski definition) is 1. The molecule has 0 spiro atoms. The van der Waals surface area contributed by atoms with Crippen molar-refractivity contribution >= 4 is 17.6 Å². The first kappa shape index (κ1) is 25.3. The van der Waals surface area contributed by atoms with Crippen LogP contribution in [0.5, 0.6) is 0 Å². The van der Waals surface area contributed by atoms with E-state index in [1.165, 1.54) is 10.5 Å². The number of anilines is 1. The number of benzene rings is 3. The van der Waals surface area contributed by atoms with E-state index in [-0.39, 0.29) is 18.9 Å². The molecule has 0 fully saturated rings. The van der Waals surface area contributed by atoms with E-state index in [0.29, 0.717) is 6.54 Å². The minimum Gasteiger partial charge on any atom is -0.480 e. The summed E-state index contributed by atoms with van der Waals surface area (Å²) in [6.07, 6.45) is 1.97. The molecule has 1 unspecified atom stereocenters. The number of aryl methyl sites for hydroxylation is 1. The topological polar surface area (TPSA) is 78.7 Å². The second-order valence-electron chi connectivity index (χ2n) is 10.1. The molecular formula is C31H32N4O3. The van der Waals surface area contributed by atoms with Crippen LogP contribution in [0.2, 0.25) is 0 Å². The van der Waals surface area contributed by atoms with Gasteiger partial charge in [-0.1, -0.05) is 72.8 Å². The normalized spacial score (nSPS) is 14.8. The van der Waals surface area contributed by atoms with Gasteiger partial charge in [-0.2, -0.15) is 0 Å². The highest BCUT2D eigenvalue weighted by Crippen LogP contribution is 2.32. The van der Waals surface area contributed by atoms with Crippen molar-refractivity contribution in [1.82, 2.24) is 14.5 Å². The molecule has 1 aliphatic rings. The number of amides is 1. The van der Waals surface area contributed by atoms with Gasteiger partial charge in [-0.3, -0.25) is 4.79 Å². The van der Waals surface area contributed by atoms with Gasteiger partial charge in [0.1, 0.15) is 6.04 Å². The molecule has 7 heteroatoms. The van der Waals surface area contributed by atoms with Crippen molar-refractivity contribution in [2.75, 3.05) is 19.0 Å². The van der Waals surface area contributed by atoms with Crippen LogP contribution in [-0.2, 0) is 29.1 Å². The summed E-state index contributed by atoms with van der Waals surface area (Å²) in [5.74, 6) is -1.84. The molecule has 1 N–H and O–H groups in total. The molecule has 5 rings (SSSR count). The molecule has 0 radical (unpaired) electrons. The lowest BCUT2D eigenvalue weighted by atomic mass is 9.88. The smallest absolute Gasteiger partial charge is 0.326 e. The van der Waals surface area contributed by atoms with Gasteiger partial charge in [0, 0.05) is 38.4 Å². The van der Waals surface area contributed by atoms with Crippen LogP contribution in [-0.4, -0.2) is 51.6 Å². The van der Waals surface area contributed by atoms with Crippen molar-refractivity contribution in [2.24, 2.45) is 0 Å². The summed E-state index contributed by atoms with van der Waals surface area (Å²) in [7, 11) is 4.04. The van der Waals surface area contributed by atoms with Crippen LogP contribution in [0.15, 0.2) is 85.2 Å². The standard InChI is InChI=1S/C31H32N4O3/c1-21-16-22(14-15-26(21)33(2)3)18-34-20-32-25-19-35(28(31(37)38)17-27(25)34)30(36)29(23-10-6-4-7-11-23)24-12-8-5-9-13-24/h4-16,20,28-29H,17-19H2,1-3H3,(H,37,38). The zero-order chi connectivity index (χ0) is 26.8. The highest BCUT2D eigenvalue weighted by atomic mass is 16.4. The number of rotatable bonds is 7. The monoisotopic (exact) mass is 508 g/mol. The third-order valence-corrected chi connectivity index (χ3v) is 7.29. The fourth-order valence-corrected chi connectivity index (χ4v) is 5.42. The van der Waals surface area contributed by atoms with Gasteiger partial charge in [-0.25, -0.2) is 9.78 Å². The third kappa shape index (κ3) is 4.92. The molecule has 194 valence electrons. The number of fused-ring (bicyclic) bond motifs is 1. The quantitative estimate of drug-likeness (QED) is 0.398. The summed E-state index contributed by atoms with van der Waals surface area (Å²) in [5, 5.41) is 10.2. The Morgan fingerprint density at radius 1 is 1.00 bits per heavy atom. The molecule has 0 bridgehead atoms. The van der Waals surface area contributed by atoms with E-state index in [4.69, 9.17) is 0 Å². The van der Waals surface area contributed by atoms with Crippen LogP contribution in [0.25, 0.3) is 0 Å². The third-order valence-electron chi connectivity index (χ3n) is 7.29. The number of carboxylic acids is 1. The average Bonchev–Trinajstić information content (AvgIpc) is 3.30. The molecular weight excluding hydrogens is 476 g/mol. The fourth-order valence-electron chi connectivity index (χ4n) is 5.42. The lowest BCUT2D eigenvalue weighted by Crippen LogP contribution is -2.50. The molecule has 2 heterocycles. The Hall–Kier alpha value is -4.39. The minimum atomic E-state index is -1.01.